The highest BCUT2D eigenvalue weighted by Crippen LogP contribution is 2.33. The maximum Gasteiger partial charge on any atom is 0.335 e. The smallest absolute Gasteiger partial charge is 0.335 e. The normalized spacial score (nSPS) is 23.6. The Morgan fingerprint density at radius 1 is 1.38 bits per heavy atom. The number of hydrogen-bond donors (Lipinski definition) is 1. The van der Waals surface area contributed by atoms with Crippen LogP contribution in [0.3, 0.4) is 0 Å². The van der Waals surface area contributed by atoms with E-state index in [1.54, 1.807) is 24.3 Å². The van der Waals surface area contributed by atoms with Crippen molar-refractivity contribution in [2.75, 3.05) is 6.61 Å². The van der Waals surface area contributed by atoms with E-state index < -0.39 is 5.97 Å². The molecule has 1 aliphatic rings. The standard InChI is InChI=1S/C13H16O3/c1-9-2-3-11(9)8-16-12-6-4-10(5-7-12)13(14)15/h4-7,9,11H,2-3,8H2,1H3,(H,14,15)/t9-,11+/m1/s1. The van der Waals surface area contributed by atoms with E-state index in [2.05, 4.69) is 6.92 Å². The number of benzene rings is 1. The van der Waals surface area contributed by atoms with Crippen LogP contribution in [0.25, 0.3) is 0 Å². The molecule has 1 aromatic carbocycles. The van der Waals surface area contributed by atoms with Crippen molar-refractivity contribution in [3.8, 4) is 5.75 Å². The Bertz CT molecular complexity index is 369. The molecule has 1 N–H and O–H groups in total. The van der Waals surface area contributed by atoms with Gasteiger partial charge in [-0.15, -0.1) is 0 Å². The third-order valence-electron chi connectivity index (χ3n) is 3.36. The molecule has 1 aliphatic carbocycles. The first-order chi connectivity index (χ1) is 7.66. The quantitative estimate of drug-likeness (QED) is 0.848. The van der Waals surface area contributed by atoms with Gasteiger partial charge in [0.1, 0.15) is 5.75 Å². The summed E-state index contributed by atoms with van der Waals surface area (Å²) < 4.78 is 5.62. The van der Waals surface area contributed by atoms with E-state index in [-0.39, 0.29) is 0 Å². The minimum absolute atomic E-state index is 0.296. The van der Waals surface area contributed by atoms with Gasteiger partial charge in [0.2, 0.25) is 0 Å². The average molecular weight is 220 g/mol. The van der Waals surface area contributed by atoms with Crippen molar-refractivity contribution in [1.82, 2.24) is 0 Å². The Kier molecular flexibility index (Phi) is 3.13. The van der Waals surface area contributed by atoms with E-state index in [0.29, 0.717) is 11.5 Å². The monoisotopic (exact) mass is 220 g/mol. The summed E-state index contributed by atoms with van der Waals surface area (Å²) in [6.07, 6.45) is 2.54. The van der Waals surface area contributed by atoms with Crippen LogP contribution in [-0.2, 0) is 0 Å². The molecule has 0 bridgehead atoms. The second-order valence-corrected chi connectivity index (χ2v) is 4.46. The van der Waals surface area contributed by atoms with Crippen molar-refractivity contribution in [1.29, 1.82) is 0 Å². The van der Waals surface area contributed by atoms with Crippen molar-refractivity contribution < 1.29 is 14.6 Å². The van der Waals surface area contributed by atoms with Gasteiger partial charge < -0.3 is 9.84 Å². The fraction of sp³-hybridized carbons (Fsp3) is 0.462. The van der Waals surface area contributed by atoms with Gasteiger partial charge >= 0.3 is 5.97 Å². The molecule has 2 atom stereocenters. The summed E-state index contributed by atoms with van der Waals surface area (Å²) >= 11 is 0. The van der Waals surface area contributed by atoms with Gasteiger partial charge in [0, 0.05) is 0 Å². The Morgan fingerprint density at radius 2 is 2.06 bits per heavy atom. The SMILES string of the molecule is C[C@@H]1CC[C@H]1COc1ccc(C(=O)O)cc1. The number of aromatic carboxylic acids is 1. The number of hydrogen-bond acceptors (Lipinski definition) is 2. The summed E-state index contributed by atoms with van der Waals surface area (Å²) in [6, 6.07) is 6.57. The van der Waals surface area contributed by atoms with Gasteiger partial charge in [-0.3, -0.25) is 0 Å². The van der Waals surface area contributed by atoms with E-state index in [0.717, 1.165) is 18.3 Å². The van der Waals surface area contributed by atoms with Crippen LogP contribution in [0.2, 0.25) is 0 Å². The van der Waals surface area contributed by atoms with E-state index in [9.17, 15) is 4.79 Å². The molecule has 0 amide bonds. The molecular formula is C13H16O3. The first-order valence-electron chi connectivity index (χ1n) is 5.63. The molecule has 2 rings (SSSR count). The molecule has 0 spiro atoms. The summed E-state index contributed by atoms with van der Waals surface area (Å²) in [6.45, 7) is 2.98. The topological polar surface area (TPSA) is 46.5 Å². The highest BCUT2D eigenvalue weighted by atomic mass is 16.5. The first kappa shape index (κ1) is 11.0. The van der Waals surface area contributed by atoms with Gasteiger partial charge in [0.15, 0.2) is 0 Å². The van der Waals surface area contributed by atoms with Gasteiger partial charge in [-0.25, -0.2) is 4.79 Å². The lowest BCUT2D eigenvalue weighted by Gasteiger charge is -2.33. The highest BCUT2D eigenvalue weighted by molar-refractivity contribution is 5.87. The number of carbonyl (C=O) groups is 1. The van der Waals surface area contributed by atoms with Crippen LogP contribution in [0.1, 0.15) is 30.1 Å². The number of ether oxygens (including phenoxy) is 1. The second-order valence-electron chi connectivity index (χ2n) is 4.46. The van der Waals surface area contributed by atoms with Gasteiger partial charge in [-0.05, 0) is 48.9 Å². The maximum absolute atomic E-state index is 10.6. The molecule has 1 fully saturated rings. The molecule has 3 nitrogen and oxygen atoms in total. The van der Waals surface area contributed by atoms with Crippen LogP contribution >= 0.6 is 0 Å². The molecule has 16 heavy (non-hydrogen) atoms. The predicted octanol–water partition coefficient (Wildman–Crippen LogP) is 2.81. The fourth-order valence-electron chi connectivity index (χ4n) is 1.88. The molecule has 0 aromatic heterocycles. The highest BCUT2D eigenvalue weighted by Gasteiger charge is 2.26. The summed E-state index contributed by atoms with van der Waals surface area (Å²) in [5.41, 5.74) is 0.296. The molecule has 0 heterocycles. The van der Waals surface area contributed by atoms with Gasteiger partial charge in [0.05, 0.1) is 12.2 Å². The lowest BCUT2D eigenvalue weighted by atomic mass is 9.75. The first-order valence-corrected chi connectivity index (χ1v) is 5.63. The molecule has 1 saturated carbocycles. The Morgan fingerprint density at radius 3 is 2.50 bits per heavy atom. The number of carboxylic acids is 1. The van der Waals surface area contributed by atoms with Crippen LogP contribution in [0.15, 0.2) is 24.3 Å². The van der Waals surface area contributed by atoms with Crippen molar-refractivity contribution in [3.05, 3.63) is 29.8 Å². The van der Waals surface area contributed by atoms with E-state index >= 15 is 0 Å². The largest absolute Gasteiger partial charge is 0.493 e. The zero-order valence-corrected chi connectivity index (χ0v) is 9.35. The van der Waals surface area contributed by atoms with E-state index in [1.807, 2.05) is 0 Å². The van der Waals surface area contributed by atoms with Gasteiger partial charge in [0.25, 0.3) is 0 Å². The van der Waals surface area contributed by atoms with Crippen molar-refractivity contribution in [2.45, 2.75) is 19.8 Å². The maximum atomic E-state index is 10.6. The van der Waals surface area contributed by atoms with Crippen molar-refractivity contribution in [2.24, 2.45) is 11.8 Å². The van der Waals surface area contributed by atoms with Crippen molar-refractivity contribution >= 4 is 5.97 Å². The number of rotatable bonds is 4. The Hall–Kier alpha value is -1.51. The molecule has 0 saturated heterocycles. The second kappa shape index (κ2) is 4.56. The van der Waals surface area contributed by atoms with Crippen LogP contribution in [0, 0.1) is 11.8 Å². The minimum Gasteiger partial charge on any atom is -0.493 e. The van der Waals surface area contributed by atoms with E-state index in [4.69, 9.17) is 9.84 Å². The zero-order valence-electron chi connectivity index (χ0n) is 9.35. The van der Waals surface area contributed by atoms with Crippen LogP contribution in [-0.4, -0.2) is 17.7 Å². The van der Waals surface area contributed by atoms with E-state index in [1.165, 1.54) is 12.8 Å². The van der Waals surface area contributed by atoms with Gasteiger partial charge in [-0.1, -0.05) is 6.92 Å². The molecule has 1 aromatic rings. The lowest BCUT2D eigenvalue weighted by molar-refractivity contribution is 0.0697. The summed E-state index contributed by atoms with van der Waals surface area (Å²) in [7, 11) is 0. The summed E-state index contributed by atoms with van der Waals surface area (Å²) in [5, 5.41) is 8.73. The van der Waals surface area contributed by atoms with Crippen LogP contribution in [0.4, 0.5) is 0 Å². The Labute approximate surface area is 95.0 Å². The molecule has 0 unspecified atom stereocenters. The Balaban J connectivity index is 1.87. The molecule has 0 radical (unpaired) electrons. The lowest BCUT2D eigenvalue weighted by Crippen LogP contribution is -2.28. The average Bonchev–Trinajstić information content (AvgIpc) is 2.28. The van der Waals surface area contributed by atoms with Gasteiger partial charge in [-0.2, -0.15) is 0 Å². The third kappa shape index (κ3) is 2.35. The molecule has 3 heteroatoms. The molecule has 86 valence electrons. The van der Waals surface area contributed by atoms with Crippen LogP contribution < -0.4 is 4.74 Å². The minimum atomic E-state index is -0.904. The zero-order chi connectivity index (χ0) is 11.5. The summed E-state index contributed by atoms with van der Waals surface area (Å²) in [4.78, 5) is 10.6. The predicted molar refractivity (Wildman–Crippen MR) is 60.8 cm³/mol. The van der Waals surface area contributed by atoms with Crippen LogP contribution in [0.5, 0.6) is 5.75 Å². The third-order valence-corrected chi connectivity index (χ3v) is 3.36. The molecule has 0 aliphatic heterocycles. The summed E-state index contributed by atoms with van der Waals surface area (Å²) in [5.74, 6) is 1.28. The fourth-order valence-corrected chi connectivity index (χ4v) is 1.88. The van der Waals surface area contributed by atoms with Crippen molar-refractivity contribution in [3.63, 3.8) is 0 Å². The number of carboxylic acid groups (broad SMARTS) is 1. The molecular weight excluding hydrogens is 204 g/mol.